The fraction of sp³-hybridized carbons (Fsp3) is 0.476. The van der Waals surface area contributed by atoms with E-state index in [-0.39, 0.29) is 10.8 Å². The first kappa shape index (κ1) is 20.5. The monoisotopic (exact) mass is 434 g/mol. The molecule has 8 heteroatoms. The highest BCUT2D eigenvalue weighted by Crippen LogP contribution is 2.32. The number of carbonyl (C=O) groups excluding carboxylic acids is 1. The number of nitrogens with zero attached hydrogens (tertiary/aromatic N) is 1. The lowest BCUT2D eigenvalue weighted by Gasteiger charge is -2.26. The van der Waals surface area contributed by atoms with Crippen LogP contribution in [-0.2, 0) is 34.1 Å². The first-order chi connectivity index (χ1) is 13.9. The molecule has 4 rings (SSSR count). The molecule has 6 nitrogen and oxygen atoms in total. The highest BCUT2D eigenvalue weighted by atomic mass is 32.2. The predicted molar refractivity (Wildman–Crippen MR) is 113 cm³/mol. The van der Waals surface area contributed by atoms with Crippen molar-refractivity contribution in [2.24, 2.45) is 5.92 Å². The van der Waals surface area contributed by atoms with Crippen LogP contribution in [0.4, 0.5) is 0 Å². The van der Waals surface area contributed by atoms with Crippen molar-refractivity contribution >= 4 is 27.3 Å². The molecule has 2 heterocycles. The molecule has 2 aliphatic rings. The summed E-state index contributed by atoms with van der Waals surface area (Å²) in [4.78, 5) is 14.3. The molecular weight excluding hydrogens is 408 g/mol. The summed E-state index contributed by atoms with van der Waals surface area (Å²) in [6.07, 6.45) is 3.16. The Hall–Kier alpha value is -1.74. The smallest absolute Gasteiger partial charge is 0.252 e. The van der Waals surface area contributed by atoms with Crippen LogP contribution >= 0.6 is 11.3 Å². The molecule has 156 valence electrons. The molecule has 0 bridgehead atoms. The SMILES string of the molecule is CC1CCc2c(C(=O)NCc3ccc(S(=O)(=O)N4CCOCC4)cc3)csc2C1. The van der Waals surface area contributed by atoms with Crippen molar-refractivity contribution in [3.8, 4) is 0 Å². The van der Waals surface area contributed by atoms with E-state index >= 15 is 0 Å². The van der Waals surface area contributed by atoms with Gasteiger partial charge < -0.3 is 10.1 Å². The van der Waals surface area contributed by atoms with Crippen LogP contribution in [0.15, 0.2) is 34.5 Å². The molecule has 1 aliphatic heterocycles. The predicted octanol–water partition coefficient (Wildman–Crippen LogP) is 2.82. The number of morpholine rings is 1. The number of thiophene rings is 1. The van der Waals surface area contributed by atoms with Crippen molar-refractivity contribution in [3.63, 3.8) is 0 Å². The number of carbonyl (C=O) groups is 1. The van der Waals surface area contributed by atoms with Gasteiger partial charge in [-0.15, -0.1) is 11.3 Å². The second kappa shape index (κ2) is 8.55. The molecule has 29 heavy (non-hydrogen) atoms. The van der Waals surface area contributed by atoms with Gasteiger partial charge in [-0.1, -0.05) is 19.1 Å². The lowest BCUT2D eigenvalue weighted by Crippen LogP contribution is -2.40. The van der Waals surface area contributed by atoms with Crippen LogP contribution in [-0.4, -0.2) is 44.9 Å². The van der Waals surface area contributed by atoms with E-state index in [2.05, 4.69) is 12.2 Å². The molecule has 1 saturated heterocycles. The Morgan fingerprint density at radius 1 is 1.24 bits per heavy atom. The van der Waals surface area contributed by atoms with E-state index < -0.39 is 10.0 Å². The van der Waals surface area contributed by atoms with Crippen molar-refractivity contribution in [1.82, 2.24) is 9.62 Å². The number of benzene rings is 1. The van der Waals surface area contributed by atoms with Crippen LogP contribution in [0.3, 0.4) is 0 Å². The molecule has 0 radical (unpaired) electrons. The molecule has 1 aromatic carbocycles. The van der Waals surface area contributed by atoms with Crippen molar-refractivity contribution in [1.29, 1.82) is 0 Å². The van der Waals surface area contributed by atoms with Gasteiger partial charge in [-0.3, -0.25) is 4.79 Å². The molecule has 0 spiro atoms. The standard InChI is InChI=1S/C21H26N2O4S2/c1-15-2-7-18-19(14-28-20(18)12-15)21(24)22-13-16-3-5-17(6-4-16)29(25,26)23-8-10-27-11-9-23/h3-6,14-15H,2,7-13H2,1H3,(H,22,24). The summed E-state index contributed by atoms with van der Waals surface area (Å²) in [5.74, 6) is 0.631. The van der Waals surface area contributed by atoms with E-state index in [1.165, 1.54) is 14.7 Å². The lowest BCUT2D eigenvalue weighted by molar-refractivity contribution is 0.0730. The molecule has 1 atom stereocenters. The van der Waals surface area contributed by atoms with E-state index in [9.17, 15) is 13.2 Å². The maximum absolute atomic E-state index is 12.7. The average molecular weight is 435 g/mol. The number of sulfonamides is 1. The minimum Gasteiger partial charge on any atom is -0.379 e. The van der Waals surface area contributed by atoms with Crippen molar-refractivity contribution in [2.75, 3.05) is 26.3 Å². The summed E-state index contributed by atoms with van der Waals surface area (Å²) >= 11 is 1.68. The molecule has 1 N–H and O–H groups in total. The Morgan fingerprint density at radius 3 is 2.69 bits per heavy atom. The maximum atomic E-state index is 12.7. The Labute approximate surface area is 175 Å². The van der Waals surface area contributed by atoms with Crippen LogP contribution in [0.5, 0.6) is 0 Å². The van der Waals surface area contributed by atoms with Gasteiger partial charge in [0.1, 0.15) is 0 Å². The van der Waals surface area contributed by atoms with Gasteiger partial charge in [-0.05, 0) is 48.4 Å². The summed E-state index contributed by atoms with van der Waals surface area (Å²) in [6, 6.07) is 6.75. The first-order valence-corrected chi connectivity index (χ1v) is 12.3. The molecule has 2 aromatic rings. The number of hydrogen-bond donors (Lipinski definition) is 1. The molecule has 1 fully saturated rings. The van der Waals surface area contributed by atoms with E-state index in [0.29, 0.717) is 38.8 Å². The minimum atomic E-state index is -3.49. The maximum Gasteiger partial charge on any atom is 0.252 e. The van der Waals surface area contributed by atoms with Gasteiger partial charge in [0.25, 0.3) is 5.91 Å². The molecule has 1 aromatic heterocycles. The third-order valence-corrected chi connectivity index (χ3v) is 8.59. The highest BCUT2D eigenvalue weighted by Gasteiger charge is 2.26. The van der Waals surface area contributed by atoms with E-state index in [1.807, 2.05) is 5.38 Å². The molecule has 1 aliphatic carbocycles. The normalized spacial score (nSPS) is 20.2. The van der Waals surface area contributed by atoms with Gasteiger partial charge in [0, 0.05) is 29.9 Å². The fourth-order valence-electron chi connectivity index (χ4n) is 3.86. The number of hydrogen-bond acceptors (Lipinski definition) is 5. The highest BCUT2D eigenvalue weighted by molar-refractivity contribution is 7.89. The zero-order chi connectivity index (χ0) is 20.4. The zero-order valence-corrected chi connectivity index (χ0v) is 18.2. The minimum absolute atomic E-state index is 0.0536. The van der Waals surface area contributed by atoms with Gasteiger partial charge in [0.15, 0.2) is 0 Å². The summed E-state index contributed by atoms with van der Waals surface area (Å²) in [7, 11) is -3.49. The Bertz CT molecular complexity index is 977. The number of rotatable bonds is 5. The van der Waals surface area contributed by atoms with Crippen LogP contribution < -0.4 is 5.32 Å². The first-order valence-electron chi connectivity index (χ1n) is 9.99. The van der Waals surface area contributed by atoms with E-state index in [4.69, 9.17) is 4.74 Å². The van der Waals surface area contributed by atoms with Gasteiger partial charge in [0.2, 0.25) is 10.0 Å². The van der Waals surface area contributed by atoms with Crippen LogP contribution in [0.1, 0.15) is 39.7 Å². The molecule has 1 unspecified atom stereocenters. The number of fused-ring (bicyclic) bond motifs is 1. The average Bonchev–Trinajstić information content (AvgIpc) is 3.16. The van der Waals surface area contributed by atoms with Gasteiger partial charge in [-0.25, -0.2) is 8.42 Å². The third-order valence-electron chi connectivity index (χ3n) is 5.63. The second-order valence-corrected chi connectivity index (χ2v) is 10.6. The second-order valence-electron chi connectivity index (χ2n) is 7.74. The van der Waals surface area contributed by atoms with Crippen molar-refractivity contribution in [2.45, 2.75) is 37.6 Å². The summed E-state index contributed by atoms with van der Waals surface area (Å²) in [5.41, 5.74) is 2.87. The largest absolute Gasteiger partial charge is 0.379 e. The van der Waals surface area contributed by atoms with Gasteiger partial charge in [-0.2, -0.15) is 4.31 Å². The zero-order valence-electron chi connectivity index (χ0n) is 16.5. The fourth-order valence-corrected chi connectivity index (χ4v) is 6.51. The van der Waals surface area contributed by atoms with Crippen LogP contribution in [0.2, 0.25) is 0 Å². The Kier molecular flexibility index (Phi) is 6.06. The Morgan fingerprint density at radius 2 is 1.97 bits per heavy atom. The van der Waals surface area contributed by atoms with Crippen molar-refractivity contribution in [3.05, 3.63) is 51.2 Å². The molecule has 1 amide bonds. The Balaban J connectivity index is 1.39. The van der Waals surface area contributed by atoms with Crippen LogP contribution in [0.25, 0.3) is 0 Å². The van der Waals surface area contributed by atoms with Crippen molar-refractivity contribution < 1.29 is 17.9 Å². The summed E-state index contributed by atoms with van der Waals surface area (Å²) < 4.78 is 32.0. The number of amides is 1. The number of nitrogens with one attached hydrogen (secondary N) is 1. The third kappa shape index (κ3) is 4.40. The van der Waals surface area contributed by atoms with Gasteiger partial charge in [0.05, 0.1) is 23.7 Å². The van der Waals surface area contributed by atoms with E-state index in [1.54, 1.807) is 35.6 Å². The summed E-state index contributed by atoms with van der Waals surface area (Å²) in [5, 5.41) is 4.94. The summed E-state index contributed by atoms with van der Waals surface area (Å²) in [6.45, 7) is 4.24. The number of ether oxygens (including phenoxy) is 1. The molecule has 0 saturated carbocycles. The quantitative estimate of drug-likeness (QED) is 0.785. The van der Waals surface area contributed by atoms with Gasteiger partial charge >= 0.3 is 0 Å². The topological polar surface area (TPSA) is 75.7 Å². The molecular formula is C21H26N2O4S2. The van der Waals surface area contributed by atoms with Crippen LogP contribution in [0, 0.1) is 5.92 Å². The lowest BCUT2D eigenvalue weighted by atomic mass is 9.88. The van der Waals surface area contributed by atoms with E-state index in [0.717, 1.165) is 30.4 Å².